The van der Waals surface area contributed by atoms with Crippen LogP contribution in [0.15, 0.2) is 47.6 Å². The number of guanidine groups is 1. The molecule has 2 aromatic rings. The highest BCUT2D eigenvalue weighted by molar-refractivity contribution is 14.0. The topological polar surface area (TPSA) is 48.7 Å². The molecular formula is C17H25IN6. The quantitative estimate of drug-likeness (QED) is 0.451. The summed E-state index contributed by atoms with van der Waals surface area (Å²) in [6.45, 7) is 4.70. The first kappa shape index (κ1) is 18.6. The van der Waals surface area contributed by atoms with E-state index in [1.165, 1.54) is 5.69 Å². The molecule has 0 unspecified atom stereocenters. The molecule has 0 saturated carbocycles. The lowest BCUT2D eigenvalue weighted by Gasteiger charge is -2.37. The molecule has 1 aromatic carbocycles. The lowest BCUT2D eigenvalue weighted by molar-refractivity contribution is 0.372. The summed E-state index contributed by atoms with van der Waals surface area (Å²) in [4.78, 5) is 9.16. The zero-order chi connectivity index (χ0) is 16.1. The monoisotopic (exact) mass is 440 g/mol. The van der Waals surface area contributed by atoms with E-state index in [4.69, 9.17) is 0 Å². The fourth-order valence-electron chi connectivity index (χ4n) is 2.89. The van der Waals surface area contributed by atoms with Crippen LogP contribution in [0, 0.1) is 0 Å². The average molecular weight is 440 g/mol. The number of nitrogens with one attached hydrogen (secondary N) is 1. The van der Waals surface area contributed by atoms with E-state index < -0.39 is 0 Å². The van der Waals surface area contributed by atoms with Crippen LogP contribution in [0.2, 0.25) is 0 Å². The predicted octanol–water partition coefficient (Wildman–Crippen LogP) is 1.94. The molecule has 0 radical (unpaired) electrons. The van der Waals surface area contributed by atoms with Gasteiger partial charge >= 0.3 is 0 Å². The van der Waals surface area contributed by atoms with Crippen LogP contribution >= 0.6 is 24.0 Å². The van der Waals surface area contributed by atoms with Gasteiger partial charge < -0.3 is 15.1 Å². The number of rotatable bonds is 3. The van der Waals surface area contributed by atoms with Crippen molar-refractivity contribution in [1.29, 1.82) is 0 Å². The zero-order valence-corrected chi connectivity index (χ0v) is 16.6. The Labute approximate surface area is 160 Å². The van der Waals surface area contributed by atoms with Crippen molar-refractivity contribution in [2.75, 3.05) is 38.1 Å². The van der Waals surface area contributed by atoms with Crippen molar-refractivity contribution in [2.24, 2.45) is 12.0 Å². The van der Waals surface area contributed by atoms with E-state index in [2.05, 4.69) is 55.5 Å². The molecule has 1 N–H and O–H groups in total. The number of aliphatic imine (C=N–C) groups is 1. The fraction of sp³-hybridized carbons (Fsp3) is 0.412. The van der Waals surface area contributed by atoms with Gasteiger partial charge in [0.15, 0.2) is 5.96 Å². The molecule has 0 bridgehead atoms. The fourth-order valence-corrected chi connectivity index (χ4v) is 2.89. The number of benzene rings is 1. The van der Waals surface area contributed by atoms with Gasteiger partial charge in [-0.1, -0.05) is 18.2 Å². The van der Waals surface area contributed by atoms with Gasteiger partial charge in [0.1, 0.15) is 0 Å². The zero-order valence-electron chi connectivity index (χ0n) is 14.2. The summed E-state index contributed by atoms with van der Waals surface area (Å²) in [5.74, 6) is 0.957. The van der Waals surface area contributed by atoms with Gasteiger partial charge in [0.25, 0.3) is 0 Å². The Morgan fingerprint density at radius 1 is 1.12 bits per heavy atom. The Morgan fingerprint density at radius 3 is 2.42 bits per heavy atom. The number of aryl methyl sites for hydroxylation is 1. The number of piperazine rings is 1. The first-order chi connectivity index (χ1) is 11.3. The Morgan fingerprint density at radius 2 is 1.83 bits per heavy atom. The van der Waals surface area contributed by atoms with Crippen molar-refractivity contribution in [3.8, 4) is 0 Å². The number of hydrogen-bond donors (Lipinski definition) is 1. The lowest BCUT2D eigenvalue weighted by Crippen LogP contribution is -2.52. The minimum absolute atomic E-state index is 0. The molecule has 1 aromatic heterocycles. The molecule has 1 saturated heterocycles. The number of hydrogen-bond acceptors (Lipinski definition) is 3. The summed E-state index contributed by atoms with van der Waals surface area (Å²) in [6.07, 6.45) is 1.82. The minimum Gasteiger partial charge on any atom is -0.368 e. The van der Waals surface area contributed by atoms with Gasteiger partial charge in [0.05, 0.1) is 12.2 Å². The van der Waals surface area contributed by atoms with Crippen LogP contribution in [-0.4, -0.2) is 53.9 Å². The smallest absolute Gasteiger partial charge is 0.194 e. The number of aromatic nitrogens is 2. The van der Waals surface area contributed by atoms with Crippen molar-refractivity contribution >= 4 is 35.6 Å². The highest BCUT2D eigenvalue weighted by atomic mass is 127. The van der Waals surface area contributed by atoms with Gasteiger partial charge in [-0.25, -0.2) is 0 Å². The molecule has 1 aliphatic heterocycles. The van der Waals surface area contributed by atoms with E-state index in [0.29, 0.717) is 0 Å². The van der Waals surface area contributed by atoms with E-state index in [9.17, 15) is 0 Å². The van der Waals surface area contributed by atoms with Crippen LogP contribution in [0.4, 0.5) is 5.69 Å². The van der Waals surface area contributed by atoms with Crippen molar-refractivity contribution in [3.05, 3.63) is 48.3 Å². The van der Waals surface area contributed by atoms with E-state index in [-0.39, 0.29) is 24.0 Å². The summed E-state index contributed by atoms with van der Waals surface area (Å²) in [5.41, 5.74) is 2.44. The maximum atomic E-state index is 4.42. The molecule has 1 aliphatic rings. The lowest BCUT2D eigenvalue weighted by atomic mass is 10.2. The van der Waals surface area contributed by atoms with E-state index in [1.54, 1.807) is 0 Å². The van der Waals surface area contributed by atoms with Crippen molar-refractivity contribution in [3.63, 3.8) is 0 Å². The maximum absolute atomic E-state index is 4.42. The van der Waals surface area contributed by atoms with Gasteiger partial charge in [-0.05, 0) is 18.2 Å². The Balaban J connectivity index is 0.00000208. The van der Waals surface area contributed by atoms with Crippen LogP contribution in [0.1, 0.15) is 5.69 Å². The number of nitrogens with zero attached hydrogens (tertiary/aromatic N) is 5. The molecule has 130 valence electrons. The van der Waals surface area contributed by atoms with Crippen LogP contribution in [-0.2, 0) is 13.6 Å². The first-order valence-corrected chi connectivity index (χ1v) is 8.00. The van der Waals surface area contributed by atoms with Crippen LogP contribution in [0.25, 0.3) is 0 Å². The highest BCUT2D eigenvalue weighted by Crippen LogP contribution is 2.15. The molecular weight excluding hydrogens is 415 g/mol. The Kier molecular flexibility index (Phi) is 6.89. The van der Waals surface area contributed by atoms with Gasteiger partial charge in [-0.3, -0.25) is 9.67 Å². The molecule has 3 rings (SSSR count). The van der Waals surface area contributed by atoms with Gasteiger partial charge in [-0.2, -0.15) is 5.10 Å². The van der Waals surface area contributed by atoms with Gasteiger partial charge in [-0.15, -0.1) is 24.0 Å². The third-order valence-electron chi connectivity index (χ3n) is 4.26. The van der Waals surface area contributed by atoms with Gasteiger partial charge in [0.2, 0.25) is 0 Å². The summed E-state index contributed by atoms with van der Waals surface area (Å²) >= 11 is 0. The molecule has 0 amide bonds. The summed E-state index contributed by atoms with van der Waals surface area (Å²) < 4.78 is 1.88. The number of halogens is 1. The third kappa shape index (κ3) is 4.40. The summed E-state index contributed by atoms with van der Waals surface area (Å²) in [5, 5.41) is 7.63. The number of para-hydroxylation sites is 1. The van der Waals surface area contributed by atoms with E-state index in [0.717, 1.165) is 44.4 Å². The van der Waals surface area contributed by atoms with E-state index in [1.807, 2.05) is 31.0 Å². The Bertz CT molecular complexity index is 646. The predicted molar refractivity (Wildman–Crippen MR) is 109 cm³/mol. The molecule has 0 aliphatic carbocycles. The normalized spacial score (nSPS) is 15.2. The van der Waals surface area contributed by atoms with Crippen LogP contribution < -0.4 is 10.2 Å². The maximum Gasteiger partial charge on any atom is 0.194 e. The van der Waals surface area contributed by atoms with Crippen molar-refractivity contribution in [2.45, 2.75) is 6.54 Å². The molecule has 0 spiro atoms. The molecule has 7 heteroatoms. The minimum atomic E-state index is 0. The molecule has 1 fully saturated rings. The average Bonchev–Trinajstić information content (AvgIpc) is 3.02. The number of anilines is 1. The third-order valence-corrected chi connectivity index (χ3v) is 4.26. The summed E-state index contributed by atoms with van der Waals surface area (Å²) in [6, 6.07) is 12.6. The molecule has 0 atom stereocenters. The van der Waals surface area contributed by atoms with Crippen molar-refractivity contribution in [1.82, 2.24) is 20.0 Å². The molecule has 2 heterocycles. The highest BCUT2D eigenvalue weighted by Gasteiger charge is 2.19. The van der Waals surface area contributed by atoms with Crippen molar-refractivity contribution < 1.29 is 0 Å². The molecule has 6 nitrogen and oxygen atoms in total. The second-order valence-corrected chi connectivity index (χ2v) is 5.66. The van der Waals surface area contributed by atoms with Crippen LogP contribution in [0.3, 0.4) is 0 Å². The van der Waals surface area contributed by atoms with E-state index >= 15 is 0 Å². The standard InChI is InChI=1S/C17H24N6.HI/c1-18-17(19-14-16-8-9-20-21(16)2)23-12-10-22(11-13-23)15-6-4-3-5-7-15;/h3-9H,10-14H2,1-2H3,(H,18,19);1H. The van der Waals surface area contributed by atoms with Gasteiger partial charge in [0, 0.05) is 52.2 Å². The van der Waals surface area contributed by atoms with Crippen LogP contribution in [0.5, 0.6) is 0 Å². The Hall–Kier alpha value is -1.77. The second-order valence-electron chi connectivity index (χ2n) is 5.66. The second kappa shape index (κ2) is 8.91. The SMILES string of the molecule is CN=C(NCc1ccnn1C)N1CCN(c2ccccc2)CC1.I. The molecule has 24 heavy (non-hydrogen) atoms. The first-order valence-electron chi connectivity index (χ1n) is 8.00. The largest absolute Gasteiger partial charge is 0.368 e. The summed E-state index contributed by atoms with van der Waals surface area (Å²) in [7, 11) is 3.80.